The van der Waals surface area contributed by atoms with E-state index in [2.05, 4.69) is 20.0 Å². The third-order valence-electron chi connectivity index (χ3n) is 4.03. The van der Waals surface area contributed by atoms with Crippen LogP contribution in [-0.2, 0) is 10.0 Å². The van der Waals surface area contributed by atoms with Gasteiger partial charge in [0.25, 0.3) is 10.0 Å². The van der Waals surface area contributed by atoms with Gasteiger partial charge in [-0.3, -0.25) is 4.72 Å². The second kappa shape index (κ2) is 8.27. The molecule has 0 fully saturated rings. The maximum Gasteiger partial charge on any atom is 0.272 e. The van der Waals surface area contributed by atoms with E-state index < -0.39 is 10.0 Å². The topological polar surface area (TPSA) is 93.2 Å². The van der Waals surface area contributed by atoms with Gasteiger partial charge in [-0.25, -0.2) is 18.4 Å². The molecular weight excluding hydrogens is 467 g/mol. The lowest BCUT2D eigenvalue weighted by molar-refractivity contribution is 0.415. The molecule has 0 saturated heterocycles. The molecule has 7 nitrogen and oxygen atoms in total. The van der Waals surface area contributed by atoms with Crippen LogP contribution in [0, 0.1) is 0 Å². The van der Waals surface area contributed by atoms with Gasteiger partial charge in [0.2, 0.25) is 0 Å². The molecule has 0 aliphatic heterocycles. The van der Waals surface area contributed by atoms with E-state index in [0.717, 1.165) is 11.3 Å². The van der Waals surface area contributed by atoms with Crippen molar-refractivity contribution in [1.29, 1.82) is 0 Å². The first kappa shape index (κ1) is 20.7. The Kier molecular flexibility index (Phi) is 5.70. The van der Waals surface area contributed by atoms with Crippen molar-refractivity contribution in [3.8, 4) is 5.75 Å². The molecule has 2 N–H and O–H groups in total. The van der Waals surface area contributed by atoms with Gasteiger partial charge in [0.05, 0.1) is 27.5 Å². The van der Waals surface area contributed by atoms with Gasteiger partial charge in [0, 0.05) is 5.69 Å². The predicted octanol–water partition coefficient (Wildman–Crippen LogP) is 5.55. The number of ether oxygens (including phenoxy) is 1. The zero-order valence-corrected chi connectivity index (χ0v) is 18.5. The van der Waals surface area contributed by atoms with Crippen LogP contribution in [0.5, 0.6) is 5.75 Å². The van der Waals surface area contributed by atoms with E-state index in [9.17, 15) is 8.42 Å². The van der Waals surface area contributed by atoms with Crippen LogP contribution in [0.15, 0.2) is 58.8 Å². The number of methoxy groups -OCH3 is 1. The largest absolute Gasteiger partial charge is 0.495 e. The van der Waals surface area contributed by atoms with Crippen molar-refractivity contribution in [3.63, 3.8) is 0 Å². The monoisotopic (exact) mass is 480 g/mol. The number of nitrogens with one attached hydrogen (secondary N) is 2. The Morgan fingerprint density at radius 3 is 2.27 bits per heavy atom. The third kappa shape index (κ3) is 4.29. The zero-order valence-electron chi connectivity index (χ0n) is 15.4. The highest BCUT2D eigenvalue weighted by Gasteiger charge is 2.21. The molecule has 4 rings (SSSR count). The minimum absolute atomic E-state index is 0.0464. The molecule has 0 aliphatic rings. The lowest BCUT2D eigenvalue weighted by Gasteiger charge is -2.14. The average molecular weight is 481 g/mol. The third-order valence-corrected chi connectivity index (χ3v) is 7.39. The molecule has 0 spiro atoms. The highest BCUT2D eigenvalue weighted by molar-refractivity contribution is 7.94. The van der Waals surface area contributed by atoms with Gasteiger partial charge < -0.3 is 10.1 Å². The fraction of sp³-hybridized carbons (Fsp3) is 0.0526. The van der Waals surface area contributed by atoms with Crippen molar-refractivity contribution in [2.75, 3.05) is 17.1 Å². The molecule has 0 amide bonds. The Balaban J connectivity index is 1.77. The molecule has 0 radical (unpaired) electrons. The zero-order chi connectivity index (χ0) is 21.3. The van der Waals surface area contributed by atoms with Gasteiger partial charge in [0.1, 0.15) is 9.96 Å². The molecule has 0 unspecified atom stereocenters. The molecule has 154 valence electrons. The van der Waals surface area contributed by atoms with Crippen LogP contribution in [0.3, 0.4) is 0 Å². The summed E-state index contributed by atoms with van der Waals surface area (Å²) in [6, 6.07) is 15.2. The van der Waals surface area contributed by atoms with Gasteiger partial charge in [-0.2, -0.15) is 0 Å². The lowest BCUT2D eigenvalue weighted by Crippen LogP contribution is -2.15. The number of anilines is 3. The van der Waals surface area contributed by atoms with Crippen molar-refractivity contribution in [2.24, 2.45) is 0 Å². The second-order valence-electron chi connectivity index (χ2n) is 6.05. The van der Waals surface area contributed by atoms with Gasteiger partial charge in [0.15, 0.2) is 11.6 Å². The number of hydrogen-bond acceptors (Lipinski definition) is 7. The van der Waals surface area contributed by atoms with Crippen molar-refractivity contribution in [2.45, 2.75) is 4.21 Å². The van der Waals surface area contributed by atoms with Gasteiger partial charge in [-0.15, -0.1) is 11.3 Å². The number of para-hydroxylation sites is 2. The molecular formula is C19H14Cl2N4O3S2. The summed E-state index contributed by atoms with van der Waals surface area (Å²) in [5.41, 5.74) is 1.73. The second-order valence-corrected chi connectivity index (χ2v) is 10.1. The molecule has 2 aromatic carbocycles. The molecule has 4 aromatic rings. The Labute approximate surface area is 186 Å². The first-order valence-electron chi connectivity index (χ1n) is 8.51. The number of fused-ring (bicyclic) bond motifs is 1. The number of rotatable bonds is 6. The van der Waals surface area contributed by atoms with Crippen molar-refractivity contribution >= 4 is 72.9 Å². The van der Waals surface area contributed by atoms with Crippen molar-refractivity contribution in [3.05, 3.63) is 64.0 Å². The van der Waals surface area contributed by atoms with Crippen LogP contribution in [-0.4, -0.2) is 25.5 Å². The van der Waals surface area contributed by atoms with Crippen LogP contribution in [0.2, 0.25) is 9.36 Å². The first-order chi connectivity index (χ1) is 14.4. The predicted molar refractivity (Wildman–Crippen MR) is 121 cm³/mol. The SMILES string of the molecule is COc1ccc(Nc2nc3ccccc3nc2NS(=O)(=O)c2ccc(Cl)s2)cc1Cl. The maximum atomic E-state index is 12.8. The molecule has 0 saturated carbocycles. The summed E-state index contributed by atoms with van der Waals surface area (Å²) in [7, 11) is -2.38. The van der Waals surface area contributed by atoms with Crippen LogP contribution >= 0.6 is 34.5 Å². The fourth-order valence-electron chi connectivity index (χ4n) is 2.66. The Hall–Kier alpha value is -2.59. The number of thiophene rings is 1. The Bertz CT molecular complexity index is 1340. The average Bonchev–Trinajstić information content (AvgIpc) is 3.16. The summed E-state index contributed by atoms with van der Waals surface area (Å²) in [6.07, 6.45) is 0. The van der Waals surface area contributed by atoms with Gasteiger partial charge in [-0.1, -0.05) is 35.3 Å². The Morgan fingerprint density at radius 2 is 1.67 bits per heavy atom. The standard InChI is InChI=1S/C19H14Cl2N4O3S2/c1-28-15-7-6-11(10-12(15)20)22-18-19(24-14-5-3-2-4-13(14)23-18)25-30(26,27)17-9-8-16(21)29-17/h2-10H,1H3,(H,22,23)(H,24,25). The van der Waals surface area contributed by atoms with E-state index in [-0.39, 0.29) is 15.8 Å². The van der Waals surface area contributed by atoms with E-state index in [1.807, 2.05) is 6.07 Å². The maximum absolute atomic E-state index is 12.8. The van der Waals surface area contributed by atoms with Crippen LogP contribution in [0.4, 0.5) is 17.3 Å². The number of aromatic nitrogens is 2. The molecule has 2 aromatic heterocycles. The van der Waals surface area contributed by atoms with E-state index in [4.69, 9.17) is 27.9 Å². The minimum atomic E-state index is -3.90. The number of halogens is 2. The number of sulfonamides is 1. The molecule has 11 heteroatoms. The van der Waals surface area contributed by atoms with Crippen molar-refractivity contribution < 1.29 is 13.2 Å². The van der Waals surface area contributed by atoms with E-state index >= 15 is 0 Å². The van der Waals surface area contributed by atoms with Gasteiger partial charge >= 0.3 is 0 Å². The van der Waals surface area contributed by atoms with Crippen LogP contribution in [0.25, 0.3) is 11.0 Å². The summed E-state index contributed by atoms with van der Waals surface area (Å²) >= 11 is 13.0. The minimum Gasteiger partial charge on any atom is -0.495 e. The summed E-state index contributed by atoms with van der Waals surface area (Å²) in [5.74, 6) is 0.786. The quantitative estimate of drug-likeness (QED) is 0.375. The molecule has 2 heterocycles. The van der Waals surface area contributed by atoms with Crippen LogP contribution < -0.4 is 14.8 Å². The number of hydrogen-bond donors (Lipinski definition) is 2. The summed E-state index contributed by atoms with van der Waals surface area (Å²) in [4.78, 5) is 8.97. The molecule has 0 bridgehead atoms. The van der Waals surface area contributed by atoms with Crippen molar-refractivity contribution in [1.82, 2.24) is 9.97 Å². The fourth-order valence-corrected chi connectivity index (χ4v) is 5.41. The summed E-state index contributed by atoms with van der Waals surface area (Å²) < 4.78 is 33.7. The summed E-state index contributed by atoms with van der Waals surface area (Å²) in [5, 5.41) is 3.47. The number of benzene rings is 2. The van der Waals surface area contributed by atoms with E-state index in [1.165, 1.54) is 19.2 Å². The van der Waals surface area contributed by atoms with Crippen LogP contribution in [0.1, 0.15) is 0 Å². The smallest absolute Gasteiger partial charge is 0.272 e. The normalized spacial score (nSPS) is 11.4. The highest BCUT2D eigenvalue weighted by atomic mass is 35.5. The first-order valence-corrected chi connectivity index (χ1v) is 11.6. The molecule has 30 heavy (non-hydrogen) atoms. The summed E-state index contributed by atoms with van der Waals surface area (Å²) in [6.45, 7) is 0. The lowest BCUT2D eigenvalue weighted by atomic mass is 10.3. The van der Waals surface area contributed by atoms with E-state index in [0.29, 0.717) is 31.8 Å². The Morgan fingerprint density at radius 1 is 0.967 bits per heavy atom. The molecule has 0 atom stereocenters. The highest BCUT2D eigenvalue weighted by Crippen LogP contribution is 2.32. The van der Waals surface area contributed by atoms with E-state index in [1.54, 1.807) is 36.4 Å². The van der Waals surface area contributed by atoms with Gasteiger partial charge in [-0.05, 0) is 42.5 Å². The molecule has 0 aliphatic carbocycles. The number of nitrogens with zero attached hydrogens (tertiary/aromatic N) is 2.